The summed E-state index contributed by atoms with van der Waals surface area (Å²) in [4.78, 5) is 33.2. The summed E-state index contributed by atoms with van der Waals surface area (Å²) in [6.07, 6.45) is 3.74. The number of nitrogens with zero attached hydrogens (tertiary/aromatic N) is 2. The maximum Gasteiger partial charge on any atom is 0.269 e. The highest BCUT2D eigenvalue weighted by Gasteiger charge is 2.25. The largest absolute Gasteiger partial charge is 0.354 e. The van der Waals surface area contributed by atoms with Crippen LogP contribution in [0.5, 0.6) is 0 Å². The number of carbonyl (C=O) groups excluding carboxylic acids is 2. The summed E-state index contributed by atoms with van der Waals surface area (Å²) in [6, 6.07) is 9.18. The molecule has 1 atom stereocenters. The minimum atomic E-state index is -0.314. The molecular formula is C18H20N4O2. The van der Waals surface area contributed by atoms with Crippen LogP contribution in [0.1, 0.15) is 57.9 Å². The summed E-state index contributed by atoms with van der Waals surface area (Å²) in [7, 11) is 1.54. The zero-order valence-corrected chi connectivity index (χ0v) is 13.7. The van der Waals surface area contributed by atoms with Crippen molar-refractivity contribution in [2.45, 2.75) is 31.7 Å². The highest BCUT2D eigenvalue weighted by atomic mass is 16.2. The van der Waals surface area contributed by atoms with Gasteiger partial charge in [-0.05, 0) is 37.1 Å². The van der Waals surface area contributed by atoms with Crippen LogP contribution in [0, 0.1) is 0 Å². The lowest BCUT2D eigenvalue weighted by molar-refractivity contribution is 0.0951. The molecule has 1 aliphatic rings. The summed E-state index contributed by atoms with van der Waals surface area (Å²) < 4.78 is 0. The molecule has 2 N–H and O–H groups in total. The Morgan fingerprint density at radius 1 is 1.17 bits per heavy atom. The van der Waals surface area contributed by atoms with Gasteiger partial charge in [0.1, 0.15) is 5.69 Å². The van der Waals surface area contributed by atoms with Crippen molar-refractivity contribution in [1.82, 2.24) is 20.6 Å². The molecule has 2 heterocycles. The molecule has 1 saturated carbocycles. The second-order valence-corrected chi connectivity index (χ2v) is 5.97. The Hall–Kier alpha value is -2.76. The second kappa shape index (κ2) is 6.78. The van der Waals surface area contributed by atoms with Crippen molar-refractivity contribution in [3.05, 3.63) is 59.2 Å². The molecule has 0 bridgehead atoms. The minimum Gasteiger partial charge on any atom is -0.354 e. The van der Waals surface area contributed by atoms with Crippen LogP contribution in [0.2, 0.25) is 0 Å². The van der Waals surface area contributed by atoms with E-state index in [0.29, 0.717) is 11.3 Å². The van der Waals surface area contributed by atoms with Gasteiger partial charge < -0.3 is 10.6 Å². The zero-order valence-electron chi connectivity index (χ0n) is 13.7. The zero-order chi connectivity index (χ0) is 17.1. The lowest BCUT2D eigenvalue weighted by Gasteiger charge is -2.14. The fourth-order valence-corrected chi connectivity index (χ4v) is 2.43. The van der Waals surface area contributed by atoms with Crippen LogP contribution in [0.15, 0.2) is 36.5 Å². The summed E-state index contributed by atoms with van der Waals surface area (Å²) in [5.41, 5.74) is 2.18. The summed E-state index contributed by atoms with van der Waals surface area (Å²) in [6.45, 7) is 1.96. The van der Waals surface area contributed by atoms with Crippen molar-refractivity contribution >= 4 is 11.8 Å². The molecule has 124 valence electrons. The quantitative estimate of drug-likeness (QED) is 0.879. The second-order valence-electron chi connectivity index (χ2n) is 5.97. The number of hydrogen-bond donors (Lipinski definition) is 2. The van der Waals surface area contributed by atoms with Gasteiger partial charge in [-0.15, -0.1) is 0 Å². The molecule has 6 nitrogen and oxygen atoms in total. The Labute approximate surface area is 140 Å². The molecule has 3 rings (SSSR count). The Morgan fingerprint density at radius 2 is 1.96 bits per heavy atom. The minimum absolute atomic E-state index is 0.122. The first kappa shape index (κ1) is 16.1. The van der Waals surface area contributed by atoms with Crippen molar-refractivity contribution in [2.24, 2.45) is 0 Å². The standard InChI is InChI=1S/C18H20N4O2/c1-11(14-5-3-4-8-20-14)15-9-12(17(23)21-13-6-7-13)10-16(22-15)18(24)19-2/h3-5,8-11,13H,6-7H2,1-2H3,(H,19,24)(H,21,23). The fourth-order valence-electron chi connectivity index (χ4n) is 2.43. The molecule has 2 aromatic heterocycles. The average Bonchev–Trinajstić information content (AvgIpc) is 3.44. The van der Waals surface area contributed by atoms with E-state index >= 15 is 0 Å². The summed E-state index contributed by atoms with van der Waals surface area (Å²) >= 11 is 0. The molecule has 0 saturated heterocycles. The van der Waals surface area contributed by atoms with Gasteiger partial charge in [0.2, 0.25) is 0 Å². The van der Waals surface area contributed by atoms with Gasteiger partial charge in [0, 0.05) is 36.5 Å². The SMILES string of the molecule is CNC(=O)c1cc(C(=O)NC2CC2)cc(C(C)c2ccccn2)n1. The van der Waals surface area contributed by atoms with Gasteiger partial charge in [0.15, 0.2) is 0 Å². The van der Waals surface area contributed by atoms with Crippen molar-refractivity contribution in [3.8, 4) is 0 Å². The maximum absolute atomic E-state index is 12.4. The lowest BCUT2D eigenvalue weighted by Crippen LogP contribution is -2.27. The smallest absolute Gasteiger partial charge is 0.269 e. The molecule has 0 spiro atoms. The van der Waals surface area contributed by atoms with Crippen LogP contribution >= 0.6 is 0 Å². The van der Waals surface area contributed by atoms with E-state index in [0.717, 1.165) is 18.5 Å². The van der Waals surface area contributed by atoms with Gasteiger partial charge in [-0.1, -0.05) is 13.0 Å². The van der Waals surface area contributed by atoms with E-state index < -0.39 is 0 Å². The molecule has 1 fully saturated rings. The molecular weight excluding hydrogens is 304 g/mol. The molecule has 0 aliphatic heterocycles. The molecule has 1 unspecified atom stereocenters. The van der Waals surface area contributed by atoms with Crippen molar-refractivity contribution in [3.63, 3.8) is 0 Å². The molecule has 0 aromatic carbocycles. The normalized spacial score (nSPS) is 14.8. The van der Waals surface area contributed by atoms with Crippen molar-refractivity contribution < 1.29 is 9.59 Å². The highest BCUT2D eigenvalue weighted by molar-refractivity contribution is 5.98. The Kier molecular flexibility index (Phi) is 4.55. The predicted molar refractivity (Wildman–Crippen MR) is 89.9 cm³/mol. The number of nitrogens with one attached hydrogen (secondary N) is 2. The van der Waals surface area contributed by atoms with Crippen LogP contribution < -0.4 is 10.6 Å². The van der Waals surface area contributed by atoms with Crippen LogP contribution in [-0.4, -0.2) is 34.9 Å². The highest BCUT2D eigenvalue weighted by Crippen LogP contribution is 2.23. The van der Waals surface area contributed by atoms with Crippen LogP contribution in [0.3, 0.4) is 0 Å². The topological polar surface area (TPSA) is 84.0 Å². The fraction of sp³-hybridized carbons (Fsp3) is 0.333. The van der Waals surface area contributed by atoms with Gasteiger partial charge in [0.05, 0.1) is 5.69 Å². The molecule has 0 radical (unpaired) electrons. The number of hydrogen-bond acceptors (Lipinski definition) is 4. The summed E-state index contributed by atoms with van der Waals surface area (Å²) in [5.74, 6) is -0.603. The third-order valence-electron chi connectivity index (χ3n) is 4.05. The Balaban J connectivity index is 1.97. The number of amides is 2. The van der Waals surface area contributed by atoms with Crippen molar-refractivity contribution in [2.75, 3.05) is 7.05 Å². The van der Waals surface area contributed by atoms with Crippen molar-refractivity contribution in [1.29, 1.82) is 0 Å². The van der Waals surface area contributed by atoms with Gasteiger partial charge in [-0.25, -0.2) is 4.98 Å². The van der Waals surface area contributed by atoms with Crippen LogP contribution in [0.4, 0.5) is 0 Å². The Bertz CT molecular complexity index is 757. The van der Waals surface area contributed by atoms with E-state index in [1.54, 1.807) is 19.3 Å². The number of carbonyl (C=O) groups is 2. The van der Waals surface area contributed by atoms with Gasteiger partial charge in [-0.3, -0.25) is 14.6 Å². The monoisotopic (exact) mass is 324 g/mol. The third kappa shape index (κ3) is 3.59. The van der Waals surface area contributed by atoms with Gasteiger partial charge in [-0.2, -0.15) is 0 Å². The van der Waals surface area contributed by atoms with E-state index in [9.17, 15) is 9.59 Å². The van der Waals surface area contributed by atoms with Gasteiger partial charge >= 0.3 is 0 Å². The Morgan fingerprint density at radius 3 is 2.58 bits per heavy atom. The molecule has 6 heteroatoms. The molecule has 2 amide bonds. The predicted octanol–water partition coefficient (Wildman–Crippen LogP) is 1.88. The van der Waals surface area contributed by atoms with Crippen LogP contribution in [-0.2, 0) is 0 Å². The van der Waals surface area contributed by atoms with Crippen LogP contribution in [0.25, 0.3) is 0 Å². The number of pyridine rings is 2. The average molecular weight is 324 g/mol. The molecule has 2 aromatic rings. The van der Waals surface area contributed by atoms with E-state index in [2.05, 4.69) is 20.6 Å². The van der Waals surface area contributed by atoms with E-state index in [1.807, 2.05) is 25.1 Å². The number of rotatable bonds is 5. The van der Waals surface area contributed by atoms with E-state index in [4.69, 9.17) is 0 Å². The third-order valence-corrected chi connectivity index (χ3v) is 4.05. The molecule has 1 aliphatic carbocycles. The lowest BCUT2D eigenvalue weighted by atomic mass is 10.00. The first-order valence-corrected chi connectivity index (χ1v) is 8.04. The summed E-state index contributed by atoms with van der Waals surface area (Å²) in [5, 5.41) is 5.50. The first-order chi connectivity index (χ1) is 11.6. The van der Waals surface area contributed by atoms with Gasteiger partial charge in [0.25, 0.3) is 11.8 Å². The maximum atomic E-state index is 12.4. The molecule has 24 heavy (non-hydrogen) atoms. The first-order valence-electron chi connectivity index (χ1n) is 8.04. The number of aromatic nitrogens is 2. The van der Waals surface area contributed by atoms with E-state index in [-0.39, 0.29) is 29.5 Å². The van der Waals surface area contributed by atoms with E-state index in [1.165, 1.54) is 6.07 Å².